The van der Waals surface area contributed by atoms with Gasteiger partial charge in [-0.15, -0.1) is 0 Å². The highest BCUT2D eigenvalue weighted by molar-refractivity contribution is 6.04. The summed E-state index contributed by atoms with van der Waals surface area (Å²) in [6, 6.07) is 17.8. The van der Waals surface area contributed by atoms with Crippen LogP contribution in [-0.4, -0.2) is 59.7 Å². The number of nitrogens with zero attached hydrogens (tertiary/aromatic N) is 4. The molecule has 1 aliphatic heterocycles. The van der Waals surface area contributed by atoms with E-state index in [9.17, 15) is 15.3 Å². The zero-order chi connectivity index (χ0) is 56.2. The highest BCUT2D eigenvalue weighted by Gasteiger charge is 2.38. The van der Waals surface area contributed by atoms with Gasteiger partial charge in [-0.05, 0) is 70.1 Å². The third kappa shape index (κ3) is 10.3. The molecule has 416 valence electrons. The van der Waals surface area contributed by atoms with Crippen molar-refractivity contribution >= 4 is 66.4 Å². The predicted octanol–water partition coefficient (Wildman–Crippen LogP) is 12.4. The van der Waals surface area contributed by atoms with Gasteiger partial charge in [0.15, 0.2) is 11.5 Å². The first-order valence-electron chi connectivity index (χ1n) is 28.2. The number of H-pyrrole nitrogens is 4. The van der Waals surface area contributed by atoms with Crippen molar-refractivity contribution in [3.8, 4) is 23.0 Å². The Morgan fingerprint density at radius 3 is 1.04 bits per heavy atom. The van der Waals surface area contributed by atoms with Gasteiger partial charge in [0.05, 0.1) is 30.6 Å². The van der Waals surface area contributed by atoms with Gasteiger partial charge in [0.1, 0.15) is 69.6 Å². The minimum Gasteiger partial charge on any atom is -0.485 e. The van der Waals surface area contributed by atoms with Gasteiger partial charge >= 0.3 is 0 Å². The molecule has 0 amide bonds. The monoisotopic (exact) mass is 1060 g/mol. The molecule has 0 spiro atoms. The summed E-state index contributed by atoms with van der Waals surface area (Å²) in [6.07, 6.45) is -1.21. The molecule has 0 radical (unpaired) electrons. The lowest BCUT2D eigenvalue weighted by Gasteiger charge is -2.35. The number of nitrogens with one attached hydrogen (secondary N) is 4. The van der Waals surface area contributed by atoms with Crippen LogP contribution < -0.4 is 40.9 Å². The lowest BCUT2D eigenvalue weighted by molar-refractivity contribution is 0.0542. The van der Waals surface area contributed by atoms with Crippen LogP contribution in [0.15, 0.2) is 74.6 Å². The van der Waals surface area contributed by atoms with E-state index in [1.807, 2.05) is 48.5 Å². The summed E-state index contributed by atoms with van der Waals surface area (Å²) < 4.78 is 30.5. The van der Waals surface area contributed by atoms with E-state index in [4.69, 9.17) is 38.9 Å². The molecule has 0 unspecified atom stereocenters. The van der Waals surface area contributed by atoms with Crippen LogP contribution in [-0.2, 0) is 19.8 Å². The molecule has 1 aliphatic rings. The van der Waals surface area contributed by atoms with Crippen molar-refractivity contribution in [2.45, 2.75) is 155 Å². The highest BCUT2D eigenvalue weighted by atomic mass is 16.6. The molecule has 5 heterocycles. The maximum Gasteiger partial charge on any atom is 0.208 e. The average molecular weight is 1060 g/mol. The van der Waals surface area contributed by atoms with Crippen molar-refractivity contribution in [3.05, 3.63) is 93.2 Å². The second kappa shape index (κ2) is 22.6. The van der Waals surface area contributed by atoms with Gasteiger partial charge in [-0.3, -0.25) is 0 Å². The van der Waals surface area contributed by atoms with E-state index in [1.165, 1.54) is 0 Å². The predicted molar refractivity (Wildman–Crippen MR) is 311 cm³/mol. The number of aliphatic hydroxyl groups is 3. The summed E-state index contributed by atoms with van der Waals surface area (Å²) in [6.45, 7) is 33.5. The van der Waals surface area contributed by atoms with Crippen molar-refractivity contribution in [3.63, 3.8) is 0 Å². The fraction of sp³-hybridized carbons (Fsp3) is 0.492. The summed E-state index contributed by atoms with van der Waals surface area (Å²) in [7, 11) is 0. The van der Waals surface area contributed by atoms with E-state index in [1.54, 1.807) is 6.07 Å². The number of aromatic nitrogens is 4. The molecule has 0 atom stereocenters. The maximum absolute atomic E-state index is 11.4. The molecule has 0 fully saturated rings. The Labute approximate surface area is 457 Å². The molecule has 4 aromatic heterocycles. The Hall–Kier alpha value is -6.68. The van der Waals surface area contributed by atoms with Crippen LogP contribution in [0, 0.1) is 47.3 Å². The maximum atomic E-state index is 11.4. The van der Waals surface area contributed by atoms with E-state index in [2.05, 4.69) is 131 Å². The standard InChI is InChI=1S/C63H82N8O7/c1-29(2)48(30(3)4)75-52-46-47(53(76-49(31(5)6)32(7)8)55(78-51(35(13)14)36(15)16)54(52)77-50(33(9)10)34(11)12)63-70-61-45-42(25-37(26-72)43(27-73)44(45)28-74)60(69-61)67-58-39-22-18-17-21-38(39)56(65-58)64-57-40-23-19-20-24-41(40)59(66-57)68-62(46)71-63/h17-25,29-36,48-51,72-74H,26-28H2,1-16H3,(H4,64,65,66,67,68,69,70,71). The second-order valence-corrected chi connectivity index (χ2v) is 24.1. The first-order valence-corrected chi connectivity index (χ1v) is 28.2. The van der Waals surface area contributed by atoms with Crippen LogP contribution in [0.4, 0.5) is 23.3 Å². The molecule has 78 heavy (non-hydrogen) atoms. The van der Waals surface area contributed by atoms with Gasteiger partial charge in [-0.2, -0.15) is 0 Å². The van der Waals surface area contributed by atoms with Crippen LogP contribution in [0.5, 0.6) is 23.0 Å². The van der Waals surface area contributed by atoms with E-state index >= 15 is 0 Å². The fourth-order valence-corrected chi connectivity index (χ4v) is 12.0. The van der Waals surface area contributed by atoms with Gasteiger partial charge in [-0.25, -0.2) is 20.0 Å². The Balaban J connectivity index is 1.61. The number of hydrogen-bond donors (Lipinski definition) is 7. The van der Waals surface area contributed by atoms with Crippen molar-refractivity contribution in [2.75, 3.05) is 0 Å². The fourth-order valence-electron chi connectivity index (χ4n) is 12.0. The minimum atomic E-state index is -0.470. The molecule has 0 saturated heterocycles. The van der Waals surface area contributed by atoms with Gasteiger partial charge in [0.2, 0.25) is 11.5 Å². The number of hydrogen-bond acceptors (Lipinski definition) is 11. The zero-order valence-electron chi connectivity index (χ0n) is 48.5. The molecule has 15 nitrogen and oxygen atoms in total. The molecule has 0 aliphatic carbocycles. The molecule has 8 aromatic rings. The molecule has 9 rings (SSSR count). The number of ether oxygens (including phenoxy) is 4. The van der Waals surface area contributed by atoms with E-state index in [-0.39, 0.29) is 78.4 Å². The smallest absolute Gasteiger partial charge is 0.208 e. The van der Waals surface area contributed by atoms with E-state index < -0.39 is 13.2 Å². The average Bonchev–Trinajstić information content (AvgIpc) is 4.32. The molecule has 0 saturated carbocycles. The van der Waals surface area contributed by atoms with E-state index in [0.717, 1.165) is 21.5 Å². The molecule has 4 aromatic carbocycles. The third-order valence-corrected chi connectivity index (χ3v) is 15.4. The van der Waals surface area contributed by atoms with Gasteiger partial charge in [0.25, 0.3) is 0 Å². The quantitative estimate of drug-likeness (QED) is 0.0416. The van der Waals surface area contributed by atoms with Crippen molar-refractivity contribution in [2.24, 2.45) is 67.3 Å². The first kappa shape index (κ1) is 56.1. The van der Waals surface area contributed by atoms with Crippen LogP contribution in [0.1, 0.15) is 127 Å². The number of aliphatic hydroxyl groups excluding tert-OH is 3. The molecule has 15 heteroatoms. The molecular weight excluding hydrogens is 981 g/mol. The Bertz CT molecular complexity index is 3710. The van der Waals surface area contributed by atoms with Crippen molar-refractivity contribution < 1.29 is 34.3 Å². The van der Waals surface area contributed by atoms with Gasteiger partial charge in [-0.1, -0.05) is 159 Å². The van der Waals surface area contributed by atoms with Gasteiger partial charge < -0.3 is 54.2 Å². The summed E-state index contributed by atoms with van der Waals surface area (Å²) in [5.74, 6) is 4.14. The summed E-state index contributed by atoms with van der Waals surface area (Å²) in [4.78, 5) is 36.3. The largest absolute Gasteiger partial charge is 0.485 e. The minimum absolute atomic E-state index is 0.0562. The summed E-state index contributed by atoms with van der Waals surface area (Å²) in [5.41, 5.74) is 3.11. The number of benzene rings is 4. The van der Waals surface area contributed by atoms with Crippen LogP contribution in [0.2, 0.25) is 0 Å². The van der Waals surface area contributed by atoms with Crippen LogP contribution >= 0.6 is 0 Å². The summed E-state index contributed by atoms with van der Waals surface area (Å²) >= 11 is 0. The molecular formula is C63H82N8O7. The Kier molecular flexibility index (Phi) is 16.2. The third-order valence-electron chi connectivity index (χ3n) is 15.4. The molecule has 8 bridgehead atoms. The number of fused-ring (bicyclic) bond motifs is 20. The Morgan fingerprint density at radius 2 is 0.667 bits per heavy atom. The highest BCUT2D eigenvalue weighted by Crippen LogP contribution is 2.54. The van der Waals surface area contributed by atoms with Crippen molar-refractivity contribution in [1.29, 1.82) is 0 Å². The zero-order valence-corrected chi connectivity index (χ0v) is 48.5. The van der Waals surface area contributed by atoms with E-state index in [0.29, 0.717) is 106 Å². The SMILES string of the molecule is CC(C)C(Oc1c(OC(C(C)C)C(C)C)c(OC(C(C)C)C(C)C)c2c3[nH]c(c2c1OC(C(C)C)C(C)C)=Nc1[nH]c(c2ccccc12)N=c1[nH]c(c2ccccc12)=Nc1[nH]c(c2c(CO)c(CO)c(CO)cc12)N=3)C(C)C. The lowest BCUT2D eigenvalue weighted by Crippen LogP contribution is -2.34. The first-order chi connectivity index (χ1) is 37.2. The molecule has 7 N–H and O–H groups in total. The number of aromatic amines is 4. The normalized spacial score (nSPS) is 13.2. The van der Waals surface area contributed by atoms with Crippen LogP contribution in [0.3, 0.4) is 0 Å². The second-order valence-electron chi connectivity index (χ2n) is 24.1. The van der Waals surface area contributed by atoms with Crippen molar-refractivity contribution in [1.82, 2.24) is 19.9 Å². The van der Waals surface area contributed by atoms with Gasteiger partial charge in [0, 0.05) is 32.3 Å². The summed E-state index contributed by atoms with van der Waals surface area (Å²) in [5, 5.41) is 38.7. The number of rotatable bonds is 19. The van der Waals surface area contributed by atoms with Crippen LogP contribution in [0.25, 0.3) is 43.1 Å². The topological polar surface area (TPSA) is 210 Å². The Morgan fingerprint density at radius 1 is 0.346 bits per heavy atom. The lowest BCUT2D eigenvalue weighted by atomic mass is 9.94.